The van der Waals surface area contributed by atoms with Crippen LogP contribution in [0, 0.1) is 0 Å². The van der Waals surface area contributed by atoms with E-state index >= 15 is 0 Å². The summed E-state index contributed by atoms with van der Waals surface area (Å²) in [6.45, 7) is 2.51. The van der Waals surface area contributed by atoms with Crippen LogP contribution < -0.4 is 5.73 Å². The monoisotopic (exact) mass is 317 g/mol. The molecule has 0 atom stereocenters. The molecule has 0 amide bonds. The van der Waals surface area contributed by atoms with Gasteiger partial charge in [0, 0.05) is 25.7 Å². The van der Waals surface area contributed by atoms with Crippen molar-refractivity contribution in [2.24, 2.45) is 5.73 Å². The van der Waals surface area contributed by atoms with Crippen molar-refractivity contribution >= 4 is 10.2 Å². The van der Waals surface area contributed by atoms with Crippen molar-refractivity contribution in [2.45, 2.75) is 70.3 Å². The van der Waals surface area contributed by atoms with Crippen molar-refractivity contribution < 1.29 is 8.42 Å². The van der Waals surface area contributed by atoms with Crippen molar-refractivity contribution in [3.05, 3.63) is 0 Å². The SMILES string of the molecule is NCCCN(C1CCCCC1)S(=O)(=O)N1CCCCCC1. The minimum Gasteiger partial charge on any atom is -0.330 e. The molecule has 0 bridgehead atoms. The number of hydrogen-bond acceptors (Lipinski definition) is 3. The molecule has 1 aliphatic carbocycles. The van der Waals surface area contributed by atoms with Crippen molar-refractivity contribution in [3.8, 4) is 0 Å². The molecule has 1 heterocycles. The minimum absolute atomic E-state index is 0.193. The molecule has 0 unspecified atom stereocenters. The predicted octanol–water partition coefficient (Wildman–Crippen LogP) is 2.09. The van der Waals surface area contributed by atoms with Gasteiger partial charge in [-0.25, -0.2) is 0 Å². The van der Waals surface area contributed by atoms with E-state index in [4.69, 9.17) is 5.73 Å². The summed E-state index contributed by atoms with van der Waals surface area (Å²) in [7, 11) is -3.31. The molecule has 1 saturated carbocycles. The largest absolute Gasteiger partial charge is 0.330 e. The first kappa shape index (κ1) is 17.2. The van der Waals surface area contributed by atoms with Crippen LogP contribution in [-0.4, -0.2) is 49.2 Å². The second-order valence-electron chi connectivity index (χ2n) is 6.37. The Morgan fingerprint density at radius 2 is 1.52 bits per heavy atom. The molecule has 0 aromatic carbocycles. The third-order valence-electron chi connectivity index (χ3n) is 4.75. The Bertz CT molecular complexity index is 386. The van der Waals surface area contributed by atoms with E-state index < -0.39 is 10.2 Å². The van der Waals surface area contributed by atoms with E-state index in [-0.39, 0.29) is 6.04 Å². The van der Waals surface area contributed by atoms with E-state index in [0.29, 0.717) is 26.2 Å². The first-order valence-electron chi connectivity index (χ1n) is 8.63. The fraction of sp³-hybridized carbons (Fsp3) is 1.00. The molecule has 0 aromatic heterocycles. The van der Waals surface area contributed by atoms with Crippen LogP contribution in [0.1, 0.15) is 64.2 Å². The lowest BCUT2D eigenvalue weighted by molar-refractivity contribution is 0.233. The summed E-state index contributed by atoms with van der Waals surface area (Å²) in [5, 5.41) is 0. The number of nitrogens with zero attached hydrogens (tertiary/aromatic N) is 2. The average molecular weight is 317 g/mol. The normalized spacial score (nSPS) is 23.3. The first-order chi connectivity index (χ1) is 10.2. The second-order valence-corrected chi connectivity index (χ2v) is 8.25. The fourth-order valence-corrected chi connectivity index (χ4v) is 5.49. The molecule has 0 spiro atoms. The van der Waals surface area contributed by atoms with E-state index in [9.17, 15) is 8.42 Å². The summed E-state index contributed by atoms with van der Waals surface area (Å²) in [5.41, 5.74) is 5.62. The predicted molar refractivity (Wildman–Crippen MR) is 86.2 cm³/mol. The van der Waals surface area contributed by atoms with Gasteiger partial charge in [0.25, 0.3) is 10.2 Å². The summed E-state index contributed by atoms with van der Waals surface area (Å²) in [5.74, 6) is 0. The Kier molecular flexibility index (Phi) is 6.92. The standard InChI is InChI=1S/C15H31N3O2S/c16-11-8-14-18(15-9-4-3-5-10-15)21(19,20)17-12-6-1-2-7-13-17/h15H,1-14,16H2. The highest BCUT2D eigenvalue weighted by Gasteiger charge is 2.35. The molecule has 21 heavy (non-hydrogen) atoms. The van der Waals surface area contributed by atoms with E-state index in [2.05, 4.69) is 0 Å². The van der Waals surface area contributed by atoms with Crippen molar-refractivity contribution in [3.63, 3.8) is 0 Å². The number of rotatable bonds is 6. The van der Waals surface area contributed by atoms with Crippen molar-refractivity contribution in [1.29, 1.82) is 0 Å². The van der Waals surface area contributed by atoms with Gasteiger partial charge in [0.05, 0.1) is 0 Å². The minimum atomic E-state index is -3.31. The van der Waals surface area contributed by atoms with Gasteiger partial charge in [0.2, 0.25) is 0 Å². The topological polar surface area (TPSA) is 66.6 Å². The molecule has 2 N–H and O–H groups in total. The van der Waals surface area contributed by atoms with Crippen molar-refractivity contribution in [2.75, 3.05) is 26.2 Å². The van der Waals surface area contributed by atoms with Crippen LogP contribution >= 0.6 is 0 Å². The number of nitrogens with two attached hydrogens (primary N) is 1. The molecule has 2 rings (SSSR count). The number of hydrogen-bond donors (Lipinski definition) is 1. The van der Waals surface area contributed by atoms with Crippen LogP contribution in [0.4, 0.5) is 0 Å². The Morgan fingerprint density at radius 1 is 0.952 bits per heavy atom. The third-order valence-corrected chi connectivity index (χ3v) is 6.84. The van der Waals surface area contributed by atoms with Gasteiger partial charge in [-0.15, -0.1) is 0 Å². The maximum atomic E-state index is 13.1. The molecule has 0 aromatic rings. The van der Waals surface area contributed by atoms with E-state index in [0.717, 1.165) is 57.8 Å². The maximum Gasteiger partial charge on any atom is 0.282 e. The lowest BCUT2D eigenvalue weighted by Crippen LogP contribution is -2.50. The highest BCUT2D eigenvalue weighted by atomic mass is 32.2. The third kappa shape index (κ3) is 4.65. The van der Waals surface area contributed by atoms with E-state index in [1.165, 1.54) is 6.42 Å². The quantitative estimate of drug-likeness (QED) is 0.815. The lowest BCUT2D eigenvalue weighted by atomic mass is 9.95. The Balaban J connectivity index is 2.11. The molecule has 1 saturated heterocycles. The second kappa shape index (κ2) is 8.46. The average Bonchev–Trinajstić information content (AvgIpc) is 2.78. The van der Waals surface area contributed by atoms with E-state index in [1.54, 1.807) is 8.61 Å². The summed E-state index contributed by atoms with van der Waals surface area (Å²) in [6, 6.07) is 0.193. The summed E-state index contributed by atoms with van der Waals surface area (Å²) < 4.78 is 29.6. The zero-order chi connectivity index (χ0) is 15.1. The van der Waals surface area contributed by atoms with Crippen LogP contribution in [0.2, 0.25) is 0 Å². The first-order valence-corrected chi connectivity index (χ1v) is 10.0. The fourth-order valence-electron chi connectivity index (χ4n) is 3.52. The van der Waals surface area contributed by atoms with Crippen LogP contribution in [0.5, 0.6) is 0 Å². The molecule has 2 aliphatic rings. The Labute approximate surface area is 130 Å². The molecular formula is C15H31N3O2S. The Hall–Kier alpha value is -0.170. The van der Waals surface area contributed by atoms with Crippen molar-refractivity contribution in [1.82, 2.24) is 8.61 Å². The van der Waals surface area contributed by atoms with Gasteiger partial charge in [-0.3, -0.25) is 0 Å². The molecule has 2 fully saturated rings. The van der Waals surface area contributed by atoms with Gasteiger partial charge in [0.15, 0.2) is 0 Å². The highest BCUT2D eigenvalue weighted by molar-refractivity contribution is 7.86. The molecule has 6 heteroatoms. The van der Waals surface area contributed by atoms with Crippen LogP contribution in [0.25, 0.3) is 0 Å². The van der Waals surface area contributed by atoms with Gasteiger partial charge in [0.1, 0.15) is 0 Å². The van der Waals surface area contributed by atoms with Gasteiger partial charge in [-0.2, -0.15) is 17.0 Å². The summed E-state index contributed by atoms with van der Waals surface area (Å²) in [4.78, 5) is 0. The van der Waals surface area contributed by atoms with Gasteiger partial charge in [-0.1, -0.05) is 32.1 Å². The highest BCUT2D eigenvalue weighted by Crippen LogP contribution is 2.27. The van der Waals surface area contributed by atoms with Gasteiger partial charge < -0.3 is 5.73 Å². The lowest BCUT2D eigenvalue weighted by Gasteiger charge is -2.36. The molecule has 1 aliphatic heterocycles. The van der Waals surface area contributed by atoms with Crippen LogP contribution in [0.3, 0.4) is 0 Å². The smallest absolute Gasteiger partial charge is 0.282 e. The van der Waals surface area contributed by atoms with Gasteiger partial charge >= 0.3 is 0 Å². The molecule has 0 radical (unpaired) electrons. The van der Waals surface area contributed by atoms with E-state index in [1.807, 2.05) is 0 Å². The van der Waals surface area contributed by atoms with Crippen LogP contribution in [0.15, 0.2) is 0 Å². The van der Waals surface area contributed by atoms with Crippen LogP contribution in [-0.2, 0) is 10.2 Å². The van der Waals surface area contributed by atoms with Gasteiger partial charge in [-0.05, 0) is 38.6 Å². The maximum absolute atomic E-state index is 13.1. The molecular weight excluding hydrogens is 286 g/mol. The zero-order valence-corrected chi connectivity index (χ0v) is 14.0. The summed E-state index contributed by atoms with van der Waals surface area (Å²) >= 11 is 0. The summed E-state index contributed by atoms with van der Waals surface area (Å²) in [6.07, 6.45) is 10.6. The zero-order valence-electron chi connectivity index (χ0n) is 13.2. The Morgan fingerprint density at radius 3 is 2.10 bits per heavy atom. The molecule has 5 nitrogen and oxygen atoms in total. The molecule has 124 valence electrons.